The van der Waals surface area contributed by atoms with Crippen molar-refractivity contribution in [2.45, 2.75) is 38.5 Å². The second-order valence-electron chi connectivity index (χ2n) is 3.54. The summed E-state index contributed by atoms with van der Waals surface area (Å²) in [5.74, 6) is -0.866. The molecule has 1 heterocycles. The van der Waals surface area contributed by atoms with Gasteiger partial charge >= 0.3 is 5.97 Å². The first-order chi connectivity index (χ1) is 7.65. The van der Waals surface area contributed by atoms with Crippen LogP contribution in [0.4, 0.5) is 0 Å². The van der Waals surface area contributed by atoms with Crippen molar-refractivity contribution in [3.63, 3.8) is 0 Å². The first-order valence-corrected chi connectivity index (χ1v) is 5.81. The van der Waals surface area contributed by atoms with E-state index in [1.54, 1.807) is 0 Å². The lowest BCUT2D eigenvalue weighted by molar-refractivity contribution is -0.197. The molecule has 0 bridgehead atoms. The zero-order valence-corrected chi connectivity index (χ0v) is 9.66. The van der Waals surface area contributed by atoms with Gasteiger partial charge in [0.1, 0.15) is 0 Å². The summed E-state index contributed by atoms with van der Waals surface area (Å²) in [6.45, 7) is 0. The van der Waals surface area contributed by atoms with Crippen LogP contribution in [0.1, 0.15) is 38.5 Å². The van der Waals surface area contributed by atoms with Crippen LogP contribution in [0.15, 0.2) is 0 Å². The smallest absolute Gasteiger partial charge is 0.330 e. The number of halogens is 1. The van der Waals surface area contributed by atoms with E-state index < -0.39 is 17.8 Å². The summed E-state index contributed by atoms with van der Waals surface area (Å²) in [6, 6.07) is 0. The third kappa shape index (κ3) is 3.81. The molecule has 0 atom stereocenters. The summed E-state index contributed by atoms with van der Waals surface area (Å²) in [4.78, 5) is 38.1. The molecule has 0 unspecified atom stereocenters. The molecule has 0 N–H and O–H groups in total. The van der Waals surface area contributed by atoms with Crippen LogP contribution < -0.4 is 0 Å². The van der Waals surface area contributed by atoms with Crippen molar-refractivity contribution < 1.29 is 19.2 Å². The fraction of sp³-hybridized carbons (Fsp3) is 0.700. The van der Waals surface area contributed by atoms with Gasteiger partial charge in [-0.15, -0.1) is 16.7 Å². The molecule has 5 nitrogen and oxygen atoms in total. The standard InChI is InChI=1S/C10H14ClNO4/c11-7-3-1-2-4-10(15)16-12-8(13)5-6-9(12)14/h1-7H2. The van der Waals surface area contributed by atoms with Crippen molar-refractivity contribution in [2.24, 2.45) is 0 Å². The molecule has 1 fully saturated rings. The highest BCUT2D eigenvalue weighted by Crippen LogP contribution is 2.13. The van der Waals surface area contributed by atoms with Crippen LogP contribution in [0.2, 0.25) is 0 Å². The average Bonchev–Trinajstić information content (AvgIpc) is 2.56. The molecule has 16 heavy (non-hydrogen) atoms. The van der Waals surface area contributed by atoms with Crippen molar-refractivity contribution in [1.29, 1.82) is 0 Å². The minimum absolute atomic E-state index is 0.123. The van der Waals surface area contributed by atoms with E-state index in [0.29, 0.717) is 17.4 Å². The molecular weight excluding hydrogens is 234 g/mol. The molecule has 1 aliphatic rings. The van der Waals surface area contributed by atoms with Crippen molar-refractivity contribution >= 4 is 29.4 Å². The molecule has 1 aliphatic heterocycles. The Labute approximate surface area is 98.6 Å². The Hall–Kier alpha value is -1.10. The minimum Gasteiger partial charge on any atom is -0.330 e. The molecule has 2 amide bonds. The number of unbranched alkanes of at least 4 members (excludes halogenated alkanes) is 2. The molecule has 0 aromatic heterocycles. The third-order valence-corrected chi connectivity index (χ3v) is 2.48. The highest BCUT2D eigenvalue weighted by molar-refractivity contribution is 6.17. The Morgan fingerprint density at radius 3 is 2.38 bits per heavy atom. The Balaban J connectivity index is 2.23. The van der Waals surface area contributed by atoms with Crippen molar-refractivity contribution in [3.05, 3.63) is 0 Å². The molecule has 0 aromatic carbocycles. The maximum absolute atomic E-state index is 11.3. The molecular formula is C10H14ClNO4. The van der Waals surface area contributed by atoms with Crippen LogP contribution in [0.25, 0.3) is 0 Å². The van der Waals surface area contributed by atoms with Crippen molar-refractivity contribution in [3.8, 4) is 0 Å². The van der Waals surface area contributed by atoms with Gasteiger partial charge in [-0.25, -0.2) is 4.79 Å². The zero-order valence-electron chi connectivity index (χ0n) is 8.91. The third-order valence-electron chi connectivity index (χ3n) is 2.21. The van der Waals surface area contributed by atoms with Gasteiger partial charge in [-0.3, -0.25) is 9.59 Å². The molecule has 0 saturated carbocycles. The van der Waals surface area contributed by atoms with Gasteiger partial charge in [-0.2, -0.15) is 0 Å². The van der Waals surface area contributed by atoms with Gasteiger partial charge < -0.3 is 4.84 Å². The summed E-state index contributed by atoms with van der Waals surface area (Å²) in [5.41, 5.74) is 0. The van der Waals surface area contributed by atoms with E-state index in [1.165, 1.54) is 0 Å². The van der Waals surface area contributed by atoms with E-state index in [9.17, 15) is 14.4 Å². The molecule has 0 spiro atoms. The number of hydrogen-bond donors (Lipinski definition) is 0. The molecule has 1 saturated heterocycles. The van der Waals surface area contributed by atoms with Crippen molar-refractivity contribution in [2.75, 3.05) is 5.88 Å². The number of imide groups is 1. The first-order valence-electron chi connectivity index (χ1n) is 5.27. The van der Waals surface area contributed by atoms with Crippen LogP contribution in [0.3, 0.4) is 0 Å². The number of alkyl halides is 1. The lowest BCUT2D eigenvalue weighted by Gasteiger charge is -2.12. The lowest BCUT2D eigenvalue weighted by atomic mass is 10.2. The fourth-order valence-corrected chi connectivity index (χ4v) is 1.53. The zero-order chi connectivity index (χ0) is 12.0. The Kier molecular flexibility index (Phi) is 5.25. The number of hydroxylamine groups is 2. The number of carbonyl (C=O) groups is 3. The van der Waals surface area contributed by atoms with Gasteiger partial charge in [0.2, 0.25) is 0 Å². The second kappa shape index (κ2) is 6.48. The fourth-order valence-electron chi connectivity index (χ4n) is 1.35. The molecule has 90 valence electrons. The average molecular weight is 248 g/mol. The molecule has 1 rings (SSSR count). The first kappa shape index (κ1) is 13.0. The summed E-state index contributed by atoms with van der Waals surface area (Å²) < 4.78 is 0. The van der Waals surface area contributed by atoms with E-state index in [-0.39, 0.29) is 19.3 Å². The van der Waals surface area contributed by atoms with Gasteiger partial charge in [0.15, 0.2) is 0 Å². The largest absolute Gasteiger partial charge is 0.333 e. The van der Waals surface area contributed by atoms with E-state index in [0.717, 1.165) is 12.8 Å². The summed E-state index contributed by atoms with van der Waals surface area (Å²) in [7, 11) is 0. The van der Waals surface area contributed by atoms with Crippen LogP contribution in [-0.2, 0) is 19.2 Å². The van der Waals surface area contributed by atoms with Gasteiger partial charge in [-0.05, 0) is 12.8 Å². The monoisotopic (exact) mass is 247 g/mol. The molecule has 6 heteroatoms. The number of amides is 2. The lowest BCUT2D eigenvalue weighted by Crippen LogP contribution is -2.31. The Morgan fingerprint density at radius 2 is 1.81 bits per heavy atom. The molecule has 0 aliphatic carbocycles. The molecule has 0 radical (unpaired) electrons. The summed E-state index contributed by atoms with van der Waals surface area (Å²) in [5, 5.41) is 0.573. The van der Waals surface area contributed by atoms with Crippen LogP contribution in [0.5, 0.6) is 0 Å². The quantitative estimate of drug-likeness (QED) is 0.404. The van der Waals surface area contributed by atoms with E-state index in [1.807, 2.05) is 0 Å². The van der Waals surface area contributed by atoms with Crippen LogP contribution >= 0.6 is 11.6 Å². The highest BCUT2D eigenvalue weighted by atomic mass is 35.5. The number of nitrogens with zero attached hydrogens (tertiary/aromatic N) is 1. The normalized spacial score (nSPS) is 15.7. The van der Waals surface area contributed by atoms with Gasteiger partial charge in [0, 0.05) is 25.1 Å². The topological polar surface area (TPSA) is 63.7 Å². The predicted octanol–water partition coefficient (Wildman–Crippen LogP) is 1.39. The van der Waals surface area contributed by atoms with Crippen molar-refractivity contribution in [1.82, 2.24) is 5.06 Å². The van der Waals surface area contributed by atoms with Crippen LogP contribution in [-0.4, -0.2) is 28.7 Å². The van der Waals surface area contributed by atoms with Gasteiger partial charge in [0.05, 0.1) is 0 Å². The highest BCUT2D eigenvalue weighted by Gasteiger charge is 2.32. The van der Waals surface area contributed by atoms with E-state index >= 15 is 0 Å². The minimum atomic E-state index is -0.543. The molecule has 0 aromatic rings. The van der Waals surface area contributed by atoms with Crippen LogP contribution in [0, 0.1) is 0 Å². The van der Waals surface area contributed by atoms with E-state index in [2.05, 4.69) is 4.84 Å². The number of hydrogen-bond acceptors (Lipinski definition) is 4. The van der Waals surface area contributed by atoms with Gasteiger partial charge in [-0.1, -0.05) is 6.42 Å². The maximum Gasteiger partial charge on any atom is 0.333 e. The second-order valence-corrected chi connectivity index (χ2v) is 3.92. The van der Waals surface area contributed by atoms with Gasteiger partial charge in [0.25, 0.3) is 11.8 Å². The maximum atomic E-state index is 11.3. The SMILES string of the molecule is O=C(CCCCCCl)ON1C(=O)CCC1=O. The number of carbonyl (C=O) groups excluding carboxylic acids is 3. The Bertz CT molecular complexity index is 277. The predicted molar refractivity (Wildman–Crippen MR) is 56.4 cm³/mol. The Morgan fingerprint density at radius 1 is 1.19 bits per heavy atom. The number of rotatable bonds is 6. The van der Waals surface area contributed by atoms with E-state index in [4.69, 9.17) is 11.6 Å². The summed E-state index contributed by atoms with van der Waals surface area (Å²) >= 11 is 5.48. The summed E-state index contributed by atoms with van der Waals surface area (Å²) in [6.07, 6.45) is 2.78.